The number of carbonyl (C=O) groups is 2. The van der Waals surface area contributed by atoms with Crippen LogP contribution in [0.4, 0.5) is 0 Å². The van der Waals surface area contributed by atoms with Crippen molar-refractivity contribution in [3.63, 3.8) is 0 Å². The lowest BCUT2D eigenvalue weighted by atomic mass is 10.3. The van der Waals surface area contributed by atoms with Crippen LogP contribution in [0.2, 0.25) is 0 Å². The van der Waals surface area contributed by atoms with Gasteiger partial charge in [-0.3, -0.25) is 9.59 Å². The summed E-state index contributed by atoms with van der Waals surface area (Å²) in [5, 5.41) is 20.9. The molecular formula is C7H11N3O3. The molecule has 6 nitrogen and oxygen atoms in total. The topological polar surface area (TPSA) is 102 Å². The third-order valence-electron chi connectivity index (χ3n) is 1.19. The number of amides is 2. The molecule has 0 radical (unpaired) electrons. The molecule has 1 atom stereocenters. The van der Waals surface area contributed by atoms with Crippen LogP contribution in [0.5, 0.6) is 0 Å². The van der Waals surface area contributed by atoms with Gasteiger partial charge in [-0.05, 0) is 6.92 Å². The van der Waals surface area contributed by atoms with E-state index in [-0.39, 0.29) is 13.2 Å². The molecule has 0 aliphatic carbocycles. The zero-order valence-corrected chi connectivity index (χ0v) is 7.20. The van der Waals surface area contributed by atoms with Gasteiger partial charge in [0.15, 0.2) is 0 Å². The van der Waals surface area contributed by atoms with Crippen molar-refractivity contribution in [3.05, 3.63) is 0 Å². The molecule has 0 aromatic carbocycles. The fourth-order valence-electron chi connectivity index (χ4n) is 0.535. The van der Waals surface area contributed by atoms with Gasteiger partial charge in [-0.1, -0.05) is 0 Å². The molecule has 0 aliphatic heterocycles. The first-order valence-corrected chi connectivity index (χ1v) is 3.68. The van der Waals surface area contributed by atoms with Crippen LogP contribution in [0.1, 0.15) is 6.92 Å². The Balaban J connectivity index is 3.84. The van der Waals surface area contributed by atoms with Crippen LogP contribution in [-0.2, 0) is 9.59 Å². The van der Waals surface area contributed by atoms with Crippen LogP contribution in [0.25, 0.3) is 0 Å². The average molecular weight is 185 g/mol. The molecule has 0 bridgehead atoms. The van der Waals surface area contributed by atoms with Gasteiger partial charge in [0.1, 0.15) is 6.54 Å². The third-order valence-corrected chi connectivity index (χ3v) is 1.19. The van der Waals surface area contributed by atoms with E-state index in [9.17, 15) is 9.59 Å². The van der Waals surface area contributed by atoms with E-state index in [2.05, 4.69) is 10.6 Å². The second kappa shape index (κ2) is 5.97. The van der Waals surface area contributed by atoms with E-state index in [1.807, 2.05) is 0 Å². The lowest BCUT2D eigenvalue weighted by Crippen LogP contribution is -2.44. The van der Waals surface area contributed by atoms with Gasteiger partial charge < -0.3 is 15.7 Å². The molecule has 2 amide bonds. The van der Waals surface area contributed by atoms with Gasteiger partial charge in [-0.25, -0.2) is 0 Å². The molecule has 0 saturated heterocycles. The number of aliphatic hydroxyl groups is 1. The highest BCUT2D eigenvalue weighted by molar-refractivity contribution is 6.35. The van der Waals surface area contributed by atoms with Crippen LogP contribution in [-0.4, -0.2) is 36.1 Å². The number of carbonyl (C=O) groups excluding carboxylic acids is 2. The summed E-state index contributed by atoms with van der Waals surface area (Å²) in [5.41, 5.74) is 0. The van der Waals surface area contributed by atoms with Gasteiger partial charge in [-0.2, -0.15) is 5.26 Å². The lowest BCUT2D eigenvalue weighted by Gasteiger charge is -2.09. The molecule has 0 aromatic rings. The molecule has 0 aliphatic rings. The summed E-state index contributed by atoms with van der Waals surface area (Å²) in [4.78, 5) is 21.7. The Bertz CT molecular complexity index is 234. The van der Waals surface area contributed by atoms with Gasteiger partial charge in [0, 0.05) is 6.04 Å². The number of nitrogens with zero attached hydrogens (tertiary/aromatic N) is 1. The third kappa shape index (κ3) is 4.76. The van der Waals surface area contributed by atoms with Crippen molar-refractivity contribution in [2.24, 2.45) is 0 Å². The summed E-state index contributed by atoms with van der Waals surface area (Å²) in [6.45, 7) is 1.10. The van der Waals surface area contributed by atoms with Crippen molar-refractivity contribution in [2.45, 2.75) is 13.0 Å². The molecule has 0 heterocycles. The zero-order valence-electron chi connectivity index (χ0n) is 7.20. The van der Waals surface area contributed by atoms with Gasteiger partial charge >= 0.3 is 11.8 Å². The summed E-state index contributed by atoms with van der Waals surface area (Å²) < 4.78 is 0. The molecule has 0 spiro atoms. The van der Waals surface area contributed by atoms with Crippen LogP contribution in [0.3, 0.4) is 0 Å². The molecule has 0 rings (SSSR count). The fraction of sp³-hybridized carbons (Fsp3) is 0.571. The number of aliphatic hydroxyl groups excluding tert-OH is 1. The number of hydrogen-bond acceptors (Lipinski definition) is 4. The summed E-state index contributed by atoms with van der Waals surface area (Å²) >= 11 is 0. The zero-order chi connectivity index (χ0) is 10.3. The summed E-state index contributed by atoms with van der Waals surface area (Å²) in [6, 6.07) is 1.19. The highest BCUT2D eigenvalue weighted by Crippen LogP contribution is 1.78. The SMILES string of the molecule is C[C@@H](CO)NC(=O)C(=O)NCC#N. The van der Waals surface area contributed by atoms with Crippen molar-refractivity contribution in [1.82, 2.24) is 10.6 Å². The molecule has 0 saturated carbocycles. The van der Waals surface area contributed by atoms with Crippen LogP contribution >= 0.6 is 0 Å². The van der Waals surface area contributed by atoms with Crippen LogP contribution < -0.4 is 10.6 Å². The normalized spacial score (nSPS) is 11.2. The number of rotatable bonds is 3. The first-order chi connectivity index (χ1) is 6.11. The molecule has 0 aromatic heterocycles. The quantitative estimate of drug-likeness (QED) is 0.354. The predicted octanol–water partition coefficient (Wildman–Crippen LogP) is -1.88. The maximum atomic E-state index is 10.9. The number of hydrogen-bond donors (Lipinski definition) is 3. The van der Waals surface area contributed by atoms with Gasteiger partial charge in [0.05, 0.1) is 12.7 Å². The van der Waals surface area contributed by atoms with E-state index in [0.29, 0.717) is 0 Å². The standard InChI is InChI=1S/C7H11N3O3/c1-5(4-11)10-7(13)6(12)9-3-2-8/h5,11H,3-4H2,1H3,(H,9,12)(H,10,13)/t5-/m0/s1. The molecule has 13 heavy (non-hydrogen) atoms. The van der Waals surface area contributed by atoms with Crippen molar-refractivity contribution in [2.75, 3.05) is 13.2 Å². The highest BCUT2D eigenvalue weighted by atomic mass is 16.3. The average Bonchev–Trinajstić information content (AvgIpc) is 2.13. The van der Waals surface area contributed by atoms with Gasteiger partial charge in [0.25, 0.3) is 0 Å². The fourth-order valence-corrected chi connectivity index (χ4v) is 0.535. The van der Waals surface area contributed by atoms with Crippen molar-refractivity contribution in [3.8, 4) is 6.07 Å². The molecule has 6 heteroatoms. The predicted molar refractivity (Wildman–Crippen MR) is 43.3 cm³/mol. The smallest absolute Gasteiger partial charge is 0.310 e. The lowest BCUT2D eigenvalue weighted by molar-refractivity contribution is -0.139. The maximum absolute atomic E-state index is 10.9. The van der Waals surface area contributed by atoms with E-state index in [4.69, 9.17) is 10.4 Å². The van der Waals surface area contributed by atoms with E-state index in [1.165, 1.54) is 0 Å². The minimum atomic E-state index is -0.873. The second-order valence-electron chi connectivity index (χ2n) is 2.40. The highest BCUT2D eigenvalue weighted by Gasteiger charge is 2.14. The van der Waals surface area contributed by atoms with Gasteiger partial charge in [-0.15, -0.1) is 0 Å². The molecule has 0 fully saturated rings. The van der Waals surface area contributed by atoms with E-state index in [1.54, 1.807) is 13.0 Å². The van der Waals surface area contributed by atoms with Crippen molar-refractivity contribution >= 4 is 11.8 Å². The Hall–Kier alpha value is -1.61. The Morgan fingerprint density at radius 2 is 2.15 bits per heavy atom. The Morgan fingerprint density at radius 1 is 1.54 bits per heavy atom. The largest absolute Gasteiger partial charge is 0.394 e. The Morgan fingerprint density at radius 3 is 2.62 bits per heavy atom. The summed E-state index contributed by atoms with van der Waals surface area (Å²) in [5.74, 6) is -1.72. The maximum Gasteiger partial charge on any atom is 0.310 e. The van der Waals surface area contributed by atoms with Crippen molar-refractivity contribution in [1.29, 1.82) is 5.26 Å². The first kappa shape index (κ1) is 11.4. The van der Waals surface area contributed by atoms with Crippen molar-refractivity contribution < 1.29 is 14.7 Å². The second-order valence-corrected chi connectivity index (χ2v) is 2.40. The minimum absolute atomic E-state index is 0.209. The molecule has 72 valence electrons. The van der Waals surface area contributed by atoms with E-state index in [0.717, 1.165) is 0 Å². The molecule has 0 unspecified atom stereocenters. The Labute approximate surface area is 75.5 Å². The van der Waals surface area contributed by atoms with E-state index < -0.39 is 17.9 Å². The first-order valence-electron chi connectivity index (χ1n) is 3.68. The van der Waals surface area contributed by atoms with E-state index >= 15 is 0 Å². The summed E-state index contributed by atoms with van der Waals surface area (Å²) in [7, 11) is 0. The van der Waals surface area contributed by atoms with Crippen LogP contribution in [0, 0.1) is 11.3 Å². The minimum Gasteiger partial charge on any atom is -0.394 e. The summed E-state index contributed by atoms with van der Waals surface area (Å²) in [6.07, 6.45) is 0. The van der Waals surface area contributed by atoms with Crippen LogP contribution in [0.15, 0.2) is 0 Å². The molecular weight excluding hydrogens is 174 g/mol. The Kier molecular flexibility index (Phi) is 5.23. The monoisotopic (exact) mass is 185 g/mol. The van der Waals surface area contributed by atoms with Gasteiger partial charge in [0.2, 0.25) is 0 Å². The molecule has 3 N–H and O–H groups in total. The number of nitriles is 1. The number of nitrogens with one attached hydrogen (secondary N) is 2.